The Balaban J connectivity index is 1.73. The second kappa shape index (κ2) is 5.66. The zero-order chi connectivity index (χ0) is 16.8. The van der Waals surface area contributed by atoms with Gasteiger partial charge in [-0.25, -0.2) is 0 Å². The lowest BCUT2D eigenvalue weighted by Gasteiger charge is -2.36. The fourth-order valence-corrected chi connectivity index (χ4v) is 4.44. The number of hydrogen-bond acceptors (Lipinski definition) is 2. The number of nitrogens with one attached hydrogen (secondary N) is 1. The van der Waals surface area contributed by atoms with Crippen LogP contribution < -0.4 is 5.32 Å². The van der Waals surface area contributed by atoms with Gasteiger partial charge in [-0.05, 0) is 71.4 Å². The third kappa shape index (κ3) is 2.32. The van der Waals surface area contributed by atoms with Crippen molar-refractivity contribution >= 4 is 22.0 Å². The Kier molecular flexibility index (Phi) is 3.30. The Hall–Kier alpha value is -2.74. The normalized spacial score (nSPS) is 19.3. The first-order valence-electron chi connectivity index (χ1n) is 9.11. The van der Waals surface area contributed by atoms with Gasteiger partial charge in [0.25, 0.3) is 0 Å². The summed E-state index contributed by atoms with van der Waals surface area (Å²) < 4.78 is 0. The van der Waals surface area contributed by atoms with Crippen molar-refractivity contribution in [3.63, 3.8) is 0 Å². The third-order valence-electron chi connectivity index (χ3n) is 5.62. The Bertz CT molecular complexity index is 985. The maximum absolute atomic E-state index is 9.63. The molecule has 0 unspecified atom stereocenters. The van der Waals surface area contributed by atoms with Crippen molar-refractivity contribution < 1.29 is 5.11 Å². The van der Waals surface area contributed by atoms with Crippen molar-refractivity contribution in [2.75, 3.05) is 5.32 Å². The van der Waals surface area contributed by atoms with E-state index in [1.165, 1.54) is 51.6 Å². The van der Waals surface area contributed by atoms with Gasteiger partial charge in [-0.3, -0.25) is 0 Å². The molecule has 0 amide bonds. The SMILES string of the molecule is Oc1ccc([C@H]2Nc3ccc4ccccc4c3C3=C2CCCC3)cc1. The number of aromatic hydroxyl groups is 1. The van der Waals surface area contributed by atoms with Crippen LogP contribution in [0.5, 0.6) is 5.75 Å². The quantitative estimate of drug-likeness (QED) is 0.571. The van der Waals surface area contributed by atoms with Gasteiger partial charge in [0, 0.05) is 11.3 Å². The molecule has 25 heavy (non-hydrogen) atoms. The molecule has 2 aliphatic rings. The summed E-state index contributed by atoms with van der Waals surface area (Å²) in [7, 11) is 0. The molecule has 1 aliphatic heterocycles. The first-order valence-corrected chi connectivity index (χ1v) is 9.11. The van der Waals surface area contributed by atoms with E-state index in [9.17, 15) is 5.11 Å². The summed E-state index contributed by atoms with van der Waals surface area (Å²) in [4.78, 5) is 0. The number of allylic oxidation sites excluding steroid dienone is 1. The standard InChI is InChI=1S/C23H21NO/c25-17-12-9-16(10-13-17)23-20-8-4-3-7-19(20)22-18-6-2-1-5-15(18)11-14-21(22)24-23/h1-2,5-6,9-14,23-25H,3-4,7-8H2/t23-/m1/s1. The van der Waals surface area contributed by atoms with Crippen LogP contribution in [0.2, 0.25) is 0 Å². The van der Waals surface area contributed by atoms with Crippen LogP contribution in [0.4, 0.5) is 5.69 Å². The largest absolute Gasteiger partial charge is 0.508 e. The maximum Gasteiger partial charge on any atom is 0.115 e. The van der Waals surface area contributed by atoms with E-state index in [1.807, 2.05) is 12.1 Å². The minimum Gasteiger partial charge on any atom is -0.508 e. The lowest BCUT2D eigenvalue weighted by Crippen LogP contribution is -2.22. The number of anilines is 1. The predicted molar refractivity (Wildman–Crippen MR) is 104 cm³/mol. The first-order chi connectivity index (χ1) is 12.3. The van der Waals surface area contributed by atoms with Gasteiger partial charge in [0.1, 0.15) is 5.75 Å². The second-order valence-corrected chi connectivity index (χ2v) is 7.09. The summed E-state index contributed by atoms with van der Waals surface area (Å²) in [6.45, 7) is 0. The summed E-state index contributed by atoms with van der Waals surface area (Å²) >= 11 is 0. The molecule has 2 N–H and O–H groups in total. The summed E-state index contributed by atoms with van der Waals surface area (Å²) in [5, 5.41) is 16.1. The Morgan fingerprint density at radius 1 is 0.840 bits per heavy atom. The van der Waals surface area contributed by atoms with Crippen LogP contribution >= 0.6 is 0 Å². The van der Waals surface area contributed by atoms with E-state index in [0.29, 0.717) is 5.75 Å². The molecule has 3 aromatic carbocycles. The van der Waals surface area contributed by atoms with Gasteiger partial charge in [-0.15, -0.1) is 0 Å². The highest BCUT2D eigenvalue weighted by atomic mass is 16.3. The van der Waals surface area contributed by atoms with Crippen molar-refractivity contribution in [1.29, 1.82) is 0 Å². The molecule has 1 heterocycles. The van der Waals surface area contributed by atoms with Crippen molar-refractivity contribution in [2.24, 2.45) is 0 Å². The molecular weight excluding hydrogens is 306 g/mol. The molecule has 0 saturated carbocycles. The highest BCUT2D eigenvalue weighted by Crippen LogP contribution is 2.48. The van der Waals surface area contributed by atoms with Gasteiger partial charge in [-0.2, -0.15) is 0 Å². The second-order valence-electron chi connectivity index (χ2n) is 7.09. The molecule has 1 aliphatic carbocycles. The molecular formula is C23H21NO. The van der Waals surface area contributed by atoms with E-state index in [2.05, 4.69) is 41.7 Å². The highest BCUT2D eigenvalue weighted by Gasteiger charge is 2.30. The van der Waals surface area contributed by atoms with Crippen LogP contribution in [0.25, 0.3) is 16.3 Å². The number of fused-ring (bicyclic) bond motifs is 4. The smallest absolute Gasteiger partial charge is 0.115 e. The van der Waals surface area contributed by atoms with Crippen molar-refractivity contribution in [1.82, 2.24) is 0 Å². The average molecular weight is 327 g/mol. The average Bonchev–Trinajstić information content (AvgIpc) is 2.67. The van der Waals surface area contributed by atoms with Crippen LogP contribution in [0, 0.1) is 0 Å². The number of hydrogen-bond donors (Lipinski definition) is 2. The van der Waals surface area contributed by atoms with Crippen molar-refractivity contribution in [2.45, 2.75) is 31.7 Å². The van der Waals surface area contributed by atoms with Gasteiger partial charge < -0.3 is 10.4 Å². The van der Waals surface area contributed by atoms with Gasteiger partial charge in [0.05, 0.1) is 6.04 Å². The van der Waals surface area contributed by atoms with E-state index in [1.54, 1.807) is 12.1 Å². The molecule has 0 bridgehead atoms. The molecule has 1 atom stereocenters. The number of rotatable bonds is 1. The summed E-state index contributed by atoms with van der Waals surface area (Å²) in [6.07, 6.45) is 4.84. The Labute approximate surface area is 147 Å². The lowest BCUT2D eigenvalue weighted by molar-refractivity contribution is 0.475. The number of benzene rings is 3. The van der Waals surface area contributed by atoms with E-state index in [-0.39, 0.29) is 6.04 Å². The zero-order valence-electron chi connectivity index (χ0n) is 14.1. The Morgan fingerprint density at radius 2 is 1.64 bits per heavy atom. The maximum atomic E-state index is 9.63. The van der Waals surface area contributed by atoms with Crippen LogP contribution in [0.15, 0.2) is 66.2 Å². The van der Waals surface area contributed by atoms with Gasteiger partial charge in [0.15, 0.2) is 0 Å². The molecule has 2 heteroatoms. The number of phenols is 1. The summed E-state index contributed by atoms with van der Waals surface area (Å²) in [5.41, 5.74) is 6.93. The summed E-state index contributed by atoms with van der Waals surface area (Å²) in [5.74, 6) is 0.323. The molecule has 0 fully saturated rings. The minimum atomic E-state index is 0.213. The molecule has 2 nitrogen and oxygen atoms in total. The third-order valence-corrected chi connectivity index (χ3v) is 5.62. The van der Waals surface area contributed by atoms with Gasteiger partial charge in [0.2, 0.25) is 0 Å². The highest BCUT2D eigenvalue weighted by molar-refractivity contribution is 6.01. The van der Waals surface area contributed by atoms with Crippen LogP contribution in [-0.4, -0.2) is 5.11 Å². The lowest BCUT2D eigenvalue weighted by atomic mass is 9.77. The fraction of sp³-hybridized carbons (Fsp3) is 0.217. The zero-order valence-corrected chi connectivity index (χ0v) is 14.1. The van der Waals surface area contributed by atoms with E-state index >= 15 is 0 Å². The van der Waals surface area contributed by atoms with Gasteiger partial charge in [-0.1, -0.05) is 42.5 Å². The van der Waals surface area contributed by atoms with Crippen molar-refractivity contribution in [3.8, 4) is 5.75 Å². The Morgan fingerprint density at radius 3 is 2.52 bits per heavy atom. The molecule has 0 saturated heterocycles. The number of phenolic OH excluding ortho intramolecular Hbond substituents is 1. The van der Waals surface area contributed by atoms with Gasteiger partial charge >= 0.3 is 0 Å². The minimum absolute atomic E-state index is 0.213. The fourth-order valence-electron chi connectivity index (χ4n) is 4.44. The van der Waals surface area contributed by atoms with Crippen molar-refractivity contribution in [3.05, 3.63) is 77.4 Å². The van der Waals surface area contributed by atoms with Crippen LogP contribution in [0.1, 0.15) is 42.9 Å². The van der Waals surface area contributed by atoms with Crippen LogP contribution in [-0.2, 0) is 0 Å². The topological polar surface area (TPSA) is 32.3 Å². The van der Waals surface area contributed by atoms with E-state index in [4.69, 9.17) is 0 Å². The first kappa shape index (κ1) is 14.6. The summed E-state index contributed by atoms with van der Waals surface area (Å²) in [6, 6.07) is 21.0. The molecule has 124 valence electrons. The molecule has 5 rings (SSSR count). The van der Waals surface area contributed by atoms with E-state index < -0.39 is 0 Å². The molecule has 0 aromatic heterocycles. The molecule has 0 spiro atoms. The molecule has 3 aromatic rings. The van der Waals surface area contributed by atoms with Crippen LogP contribution in [0.3, 0.4) is 0 Å². The van der Waals surface area contributed by atoms with E-state index in [0.717, 1.165) is 12.8 Å². The predicted octanol–water partition coefficient (Wildman–Crippen LogP) is 6.04. The monoisotopic (exact) mass is 327 g/mol. The molecule has 0 radical (unpaired) electrons.